The van der Waals surface area contributed by atoms with Gasteiger partial charge in [-0.3, -0.25) is 4.79 Å². The van der Waals surface area contributed by atoms with Crippen molar-refractivity contribution in [3.8, 4) is 5.75 Å². The highest BCUT2D eigenvalue weighted by atomic mass is 19.4. The number of alkyl halides is 3. The second-order valence-electron chi connectivity index (χ2n) is 4.73. The molecule has 1 atom stereocenters. The van der Waals surface area contributed by atoms with E-state index < -0.39 is 25.2 Å². The summed E-state index contributed by atoms with van der Waals surface area (Å²) in [7, 11) is 1.78. The van der Waals surface area contributed by atoms with Gasteiger partial charge in [-0.05, 0) is 32.5 Å². The number of rotatable bonds is 6. The number of carbonyl (C=O) groups is 1. The van der Waals surface area contributed by atoms with E-state index >= 15 is 0 Å². The number of ether oxygens (including phenoxy) is 1. The highest BCUT2D eigenvalue weighted by Gasteiger charge is 2.27. The fourth-order valence-corrected chi connectivity index (χ4v) is 1.67. The van der Waals surface area contributed by atoms with Gasteiger partial charge in [0.1, 0.15) is 12.3 Å². The first-order valence-corrected chi connectivity index (χ1v) is 6.47. The van der Waals surface area contributed by atoms with Crippen LogP contribution in [0.4, 0.5) is 13.2 Å². The number of aryl methyl sites for hydroxylation is 1. The summed E-state index contributed by atoms with van der Waals surface area (Å²) in [4.78, 5) is 11.3. The van der Waals surface area contributed by atoms with Crippen molar-refractivity contribution in [2.24, 2.45) is 0 Å². The molecule has 0 aliphatic carbocycles. The number of hydrogen-bond acceptors (Lipinski definition) is 3. The van der Waals surface area contributed by atoms with Crippen LogP contribution in [-0.2, 0) is 4.79 Å². The van der Waals surface area contributed by atoms with Crippen molar-refractivity contribution in [2.75, 3.05) is 20.2 Å². The number of nitrogens with one attached hydrogen (secondary N) is 2. The maximum absolute atomic E-state index is 12.0. The molecule has 0 aliphatic rings. The molecule has 0 radical (unpaired) electrons. The van der Waals surface area contributed by atoms with Crippen molar-refractivity contribution in [2.45, 2.75) is 26.1 Å². The molecule has 1 amide bonds. The molecule has 0 heterocycles. The molecule has 1 unspecified atom stereocenters. The van der Waals surface area contributed by atoms with Gasteiger partial charge in [0.25, 0.3) is 5.91 Å². The van der Waals surface area contributed by atoms with Gasteiger partial charge < -0.3 is 15.4 Å². The minimum atomic E-state index is -4.43. The van der Waals surface area contributed by atoms with Crippen LogP contribution in [0.1, 0.15) is 24.1 Å². The fraction of sp³-hybridized carbons (Fsp3) is 0.500. The smallest absolute Gasteiger partial charge is 0.405 e. The predicted octanol–water partition coefficient (Wildman–Crippen LogP) is 2.33. The van der Waals surface area contributed by atoms with Gasteiger partial charge in [-0.15, -0.1) is 0 Å². The Hall–Kier alpha value is -1.76. The van der Waals surface area contributed by atoms with E-state index in [0.717, 1.165) is 11.1 Å². The summed E-state index contributed by atoms with van der Waals surface area (Å²) in [5.74, 6) is -0.323. The fourth-order valence-electron chi connectivity index (χ4n) is 1.67. The highest BCUT2D eigenvalue weighted by Crippen LogP contribution is 2.26. The lowest BCUT2D eigenvalue weighted by Crippen LogP contribution is -2.36. The van der Waals surface area contributed by atoms with Crippen LogP contribution in [0.2, 0.25) is 0 Å². The molecule has 1 aromatic rings. The lowest BCUT2D eigenvalue weighted by Gasteiger charge is -2.17. The van der Waals surface area contributed by atoms with Gasteiger partial charge in [0.15, 0.2) is 6.61 Å². The van der Waals surface area contributed by atoms with Crippen LogP contribution in [0.25, 0.3) is 0 Å². The number of amides is 1. The van der Waals surface area contributed by atoms with E-state index in [1.54, 1.807) is 18.4 Å². The SMILES string of the molecule is CNC(C)c1ccc(C)cc1OCC(=O)NCC(F)(F)F. The van der Waals surface area contributed by atoms with Crippen LogP contribution >= 0.6 is 0 Å². The predicted molar refractivity (Wildman–Crippen MR) is 73.2 cm³/mol. The van der Waals surface area contributed by atoms with Crippen LogP contribution in [0, 0.1) is 6.92 Å². The Balaban J connectivity index is 2.66. The first-order chi connectivity index (χ1) is 9.73. The van der Waals surface area contributed by atoms with E-state index in [-0.39, 0.29) is 6.04 Å². The Bertz CT molecular complexity index is 490. The van der Waals surface area contributed by atoms with Crippen molar-refractivity contribution in [1.82, 2.24) is 10.6 Å². The molecule has 21 heavy (non-hydrogen) atoms. The Kier molecular flexibility index (Phi) is 6.02. The van der Waals surface area contributed by atoms with Gasteiger partial charge in [-0.1, -0.05) is 12.1 Å². The van der Waals surface area contributed by atoms with Gasteiger partial charge in [-0.2, -0.15) is 13.2 Å². The minimum Gasteiger partial charge on any atom is -0.483 e. The first-order valence-electron chi connectivity index (χ1n) is 6.47. The summed E-state index contributed by atoms with van der Waals surface area (Å²) in [6.45, 7) is 1.97. The Morgan fingerprint density at radius 3 is 2.62 bits per heavy atom. The van der Waals surface area contributed by atoms with E-state index in [0.29, 0.717) is 5.75 Å². The van der Waals surface area contributed by atoms with Crippen LogP contribution in [0.15, 0.2) is 18.2 Å². The molecular weight excluding hydrogens is 285 g/mol. The minimum absolute atomic E-state index is 0.00108. The van der Waals surface area contributed by atoms with E-state index in [1.807, 2.05) is 26.0 Å². The third-order valence-corrected chi connectivity index (χ3v) is 2.91. The number of hydrogen-bond donors (Lipinski definition) is 2. The molecule has 0 aliphatic heterocycles. The van der Waals surface area contributed by atoms with E-state index in [9.17, 15) is 18.0 Å². The van der Waals surface area contributed by atoms with Crippen molar-refractivity contribution in [3.05, 3.63) is 29.3 Å². The van der Waals surface area contributed by atoms with Gasteiger partial charge in [0.2, 0.25) is 0 Å². The van der Waals surface area contributed by atoms with Crippen LogP contribution < -0.4 is 15.4 Å². The summed E-state index contributed by atoms with van der Waals surface area (Å²) in [5.41, 5.74) is 1.78. The normalized spacial score (nSPS) is 12.9. The van der Waals surface area contributed by atoms with Crippen molar-refractivity contribution < 1.29 is 22.7 Å². The van der Waals surface area contributed by atoms with Crippen molar-refractivity contribution >= 4 is 5.91 Å². The Morgan fingerprint density at radius 2 is 2.05 bits per heavy atom. The third-order valence-electron chi connectivity index (χ3n) is 2.91. The lowest BCUT2D eigenvalue weighted by atomic mass is 10.1. The maximum atomic E-state index is 12.0. The van der Waals surface area contributed by atoms with Gasteiger partial charge in [-0.25, -0.2) is 0 Å². The molecule has 118 valence electrons. The molecule has 0 aromatic heterocycles. The molecule has 0 fully saturated rings. The average Bonchev–Trinajstić information content (AvgIpc) is 2.41. The monoisotopic (exact) mass is 304 g/mol. The van der Waals surface area contributed by atoms with Crippen LogP contribution in [-0.4, -0.2) is 32.3 Å². The molecule has 7 heteroatoms. The summed E-state index contributed by atoms with van der Waals surface area (Å²) in [5, 5.41) is 4.81. The molecule has 0 saturated carbocycles. The number of carbonyl (C=O) groups excluding carboxylic acids is 1. The molecule has 1 rings (SSSR count). The topological polar surface area (TPSA) is 50.4 Å². The second kappa shape index (κ2) is 7.31. The Morgan fingerprint density at radius 1 is 1.38 bits per heavy atom. The zero-order chi connectivity index (χ0) is 16.0. The Labute approximate surface area is 121 Å². The van der Waals surface area contributed by atoms with E-state index in [4.69, 9.17) is 4.74 Å². The number of halogens is 3. The van der Waals surface area contributed by atoms with E-state index in [1.165, 1.54) is 0 Å². The standard InChI is InChI=1S/C14H19F3N2O2/c1-9-4-5-11(10(2)18-3)12(6-9)21-7-13(20)19-8-14(15,16)17/h4-6,10,18H,7-8H2,1-3H3,(H,19,20). The second-order valence-corrected chi connectivity index (χ2v) is 4.73. The van der Waals surface area contributed by atoms with Gasteiger partial charge >= 0.3 is 6.18 Å². The first kappa shape index (κ1) is 17.3. The van der Waals surface area contributed by atoms with Crippen molar-refractivity contribution in [3.63, 3.8) is 0 Å². The molecule has 0 saturated heterocycles. The zero-order valence-electron chi connectivity index (χ0n) is 12.2. The largest absolute Gasteiger partial charge is 0.483 e. The summed E-state index contributed by atoms with van der Waals surface area (Å²) in [6.07, 6.45) is -4.43. The molecule has 4 nitrogen and oxygen atoms in total. The lowest BCUT2D eigenvalue weighted by molar-refractivity contribution is -0.139. The average molecular weight is 304 g/mol. The third kappa shape index (κ3) is 6.03. The summed E-state index contributed by atoms with van der Waals surface area (Å²) >= 11 is 0. The summed E-state index contributed by atoms with van der Waals surface area (Å²) < 4.78 is 41.3. The van der Waals surface area contributed by atoms with E-state index in [2.05, 4.69) is 5.32 Å². The molecule has 0 spiro atoms. The molecule has 2 N–H and O–H groups in total. The quantitative estimate of drug-likeness (QED) is 0.848. The highest BCUT2D eigenvalue weighted by molar-refractivity contribution is 5.77. The van der Waals surface area contributed by atoms with Gasteiger partial charge in [0.05, 0.1) is 0 Å². The van der Waals surface area contributed by atoms with Gasteiger partial charge in [0, 0.05) is 11.6 Å². The molecule has 1 aromatic carbocycles. The van der Waals surface area contributed by atoms with Crippen LogP contribution in [0.5, 0.6) is 5.75 Å². The summed E-state index contributed by atoms with van der Waals surface area (Å²) in [6, 6.07) is 5.51. The molecule has 0 bridgehead atoms. The maximum Gasteiger partial charge on any atom is 0.405 e. The van der Waals surface area contributed by atoms with Crippen molar-refractivity contribution in [1.29, 1.82) is 0 Å². The number of benzene rings is 1. The zero-order valence-corrected chi connectivity index (χ0v) is 12.2. The van der Waals surface area contributed by atoms with Crippen LogP contribution in [0.3, 0.4) is 0 Å². The molecular formula is C14H19F3N2O2.